The molecule has 0 saturated heterocycles. The summed E-state index contributed by atoms with van der Waals surface area (Å²) >= 11 is 0. The lowest BCUT2D eigenvalue weighted by Crippen LogP contribution is -1.99. The summed E-state index contributed by atoms with van der Waals surface area (Å²) in [6, 6.07) is 2.95. The largest absolute Gasteiger partial charge is 0.380 e. The molecule has 1 N–H and O–H groups in total. The topological polar surface area (TPSA) is 42.7 Å². The minimum absolute atomic E-state index is 0.481. The monoisotopic (exact) mass is 218 g/mol. The summed E-state index contributed by atoms with van der Waals surface area (Å²) in [6.07, 6.45) is 6.67. The van der Waals surface area contributed by atoms with Crippen LogP contribution >= 0.6 is 0 Å². The lowest BCUT2D eigenvalue weighted by atomic mass is 10.3. The maximum Gasteiger partial charge on any atom is 0.212 e. The van der Waals surface area contributed by atoms with Gasteiger partial charge in [-0.2, -0.15) is 9.49 Å². The molecular formula is C11H11FN4. The van der Waals surface area contributed by atoms with Gasteiger partial charge in [0.25, 0.3) is 0 Å². The van der Waals surface area contributed by atoms with Gasteiger partial charge in [-0.05, 0) is 12.1 Å². The first kappa shape index (κ1) is 10.4. The van der Waals surface area contributed by atoms with Crippen molar-refractivity contribution in [3.8, 4) is 0 Å². The highest BCUT2D eigenvalue weighted by Crippen LogP contribution is 2.07. The van der Waals surface area contributed by atoms with E-state index in [1.165, 1.54) is 12.3 Å². The minimum atomic E-state index is -0.481. The number of pyridine rings is 1. The molecule has 2 heterocycles. The van der Waals surface area contributed by atoms with Crippen molar-refractivity contribution < 1.29 is 4.39 Å². The lowest BCUT2D eigenvalue weighted by molar-refractivity contribution is 0.584. The molecule has 0 atom stereocenters. The van der Waals surface area contributed by atoms with Crippen LogP contribution in [0.5, 0.6) is 0 Å². The molecule has 2 aromatic rings. The summed E-state index contributed by atoms with van der Waals surface area (Å²) in [7, 11) is 0. The van der Waals surface area contributed by atoms with E-state index in [0.717, 1.165) is 11.3 Å². The highest BCUT2D eigenvalue weighted by molar-refractivity contribution is 5.40. The number of anilines is 1. The van der Waals surface area contributed by atoms with Gasteiger partial charge in [-0.25, -0.2) is 9.67 Å². The molecule has 2 aromatic heterocycles. The van der Waals surface area contributed by atoms with Crippen molar-refractivity contribution in [3.63, 3.8) is 0 Å². The van der Waals surface area contributed by atoms with E-state index < -0.39 is 5.95 Å². The smallest absolute Gasteiger partial charge is 0.212 e. The second kappa shape index (κ2) is 4.57. The molecule has 0 saturated carbocycles. The normalized spacial score (nSPS) is 10.1. The molecule has 16 heavy (non-hydrogen) atoms. The van der Waals surface area contributed by atoms with Gasteiger partial charge >= 0.3 is 0 Å². The molecule has 0 bridgehead atoms. The fraction of sp³-hybridized carbons (Fsp3) is 0.0909. The van der Waals surface area contributed by atoms with Gasteiger partial charge in [0.05, 0.1) is 18.1 Å². The van der Waals surface area contributed by atoms with E-state index >= 15 is 0 Å². The Bertz CT molecular complexity index is 475. The average molecular weight is 218 g/mol. The van der Waals surface area contributed by atoms with Gasteiger partial charge in [0, 0.05) is 24.5 Å². The maximum absolute atomic E-state index is 12.5. The van der Waals surface area contributed by atoms with Crippen LogP contribution < -0.4 is 5.32 Å². The molecule has 0 radical (unpaired) electrons. The maximum atomic E-state index is 12.5. The Morgan fingerprint density at radius 3 is 2.94 bits per heavy atom. The Morgan fingerprint density at radius 1 is 1.44 bits per heavy atom. The summed E-state index contributed by atoms with van der Waals surface area (Å²) in [5, 5.41) is 7.15. The van der Waals surface area contributed by atoms with Crippen LogP contribution in [-0.2, 0) is 6.54 Å². The van der Waals surface area contributed by atoms with Crippen LogP contribution in [0, 0.1) is 5.95 Å². The highest BCUT2D eigenvalue weighted by atomic mass is 19.1. The van der Waals surface area contributed by atoms with Crippen molar-refractivity contribution in [2.75, 3.05) is 5.32 Å². The third-order valence-corrected chi connectivity index (χ3v) is 2.07. The first-order chi connectivity index (χ1) is 7.78. The molecule has 82 valence electrons. The SMILES string of the molecule is C=Cn1cc(CNc2ccc(F)nc2)cn1. The molecule has 0 spiro atoms. The van der Waals surface area contributed by atoms with Crippen LogP contribution in [0.3, 0.4) is 0 Å². The van der Waals surface area contributed by atoms with E-state index in [9.17, 15) is 4.39 Å². The van der Waals surface area contributed by atoms with Gasteiger partial charge < -0.3 is 5.32 Å². The summed E-state index contributed by atoms with van der Waals surface area (Å²) in [5.41, 5.74) is 1.79. The van der Waals surface area contributed by atoms with Gasteiger partial charge in [-0.3, -0.25) is 0 Å². The van der Waals surface area contributed by atoms with E-state index in [2.05, 4.69) is 22.0 Å². The standard InChI is InChI=1S/C11H11FN4/c1-2-16-8-9(6-15-16)5-13-10-3-4-11(12)14-7-10/h2-4,6-8,13H,1,5H2. The predicted octanol–water partition coefficient (Wildman–Crippen LogP) is 2.13. The highest BCUT2D eigenvalue weighted by Gasteiger charge is 1.97. The fourth-order valence-corrected chi connectivity index (χ4v) is 1.25. The fourth-order valence-electron chi connectivity index (χ4n) is 1.25. The van der Waals surface area contributed by atoms with Crippen molar-refractivity contribution in [2.45, 2.75) is 6.54 Å². The summed E-state index contributed by atoms with van der Waals surface area (Å²) < 4.78 is 14.2. The van der Waals surface area contributed by atoms with Crippen LogP contribution in [0.15, 0.2) is 37.3 Å². The number of nitrogens with one attached hydrogen (secondary N) is 1. The van der Waals surface area contributed by atoms with E-state index in [0.29, 0.717) is 6.54 Å². The summed E-state index contributed by atoms with van der Waals surface area (Å²) in [4.78, 5) is 3.55. The molecule has 2 rings (SSSR count). The van der Waals surface area contributed by atoms with Gasteiger partial charge in [0.15, 0.2) is 0 Å². The third kappa shape index (κ3) is 2.44. The van der Waals surface area contributed by atoms with Crippen LogP contribution in [0.4, 0.5) is 10.1 Å². The van der Waals surface area contributed by atoms with Gasteiger partial charge in [0.2, 0.25) is 5.95 Å². The quantitative estimate of drug-likeness (QED) is 0.799. The Balaban J connectivity index is 1.96. The minimum Gasteiger partial charge on any atom is -0.380 e. The molecule has 0 aliphatic heterocycles. The first-order valence-electron chi connectivity index (χ1n) is 4.79. The summed E-state index contributed by atoms with van der Waals surface area (Å²) in [6.45, 7) is 4.21. The zero-order chi connectivity index (χ0) is 11.4. The molecule has 0 aliphatic rings. The van der Waals surface area contributed by atoms with E-state index in [1.807, 2.05) is 6.20 Å². The second-order valence-corrected chi connectivity index (χ2v) is 3.23. The molecule has 5 heteroatoms. The summed E-state index contributed by atoms with van der Waals surface area (Å²) in [5.74, 6) is -0.481. The number of halogens is 1. The van der Waals surface area contributed by atoms with Crippen LogP contribution in [-0.4, -0.2) is 14.8 Å². The molecular weight excluding hydrogens is 207 g/mol. The third-order valence-electron chi connectivity index (χ3n) is 2.07. The van der Waals surface area contributed by atoms with Crippen molar-refractivity contribution in [1.82, 2.24) is 14.8 Å². The number of nitrogens with zero attached hydrogens (tertiary/aromatic N) is 3. The Labute approximate surface area is 92.4 Å². The van der Waals surface area contributed by atoms with Gasteiger partial charge in [-0.15, -0.1) is 0 Å². The van der Waals surface area contributed by atoms with Crippen LogP contribution in [0.2, 0.25) is 0 Å². The Morgan fingerprint density at radius 2 is 2.31 bits per heavy atom. The molecule has 0 aliphatic carbocycles. The first-order valence-corrected chi connectivity index (χ1v) is 4.79. The molecule has 0 unspecified atom stereocenters. The molecule has 0 amide bonds. The second-order valence-electron chi connectivity index (χ2n) is 3.23. The molecule has 0 fully saturated rings. The zero-order valence-corrected chi connectivity index (χ0v) is 8.60. The number of rotatable bonds is 4. The van der Waals surface area contributed by atoms with E-state index in [4.69, 9.17) is 0 Å². The van der Waals surface area contributed by atoms with Crippen LogP contribution in [0.25, 0.3) is 6.20 Å². The van der Waals surface area contributed by atoms with E-state index in [1.54, 1.807) is 23.1 Å². The van der Waals surface area contributed by atoms with Gasteiger partial charge in [0.1, 0.15) is 0 Å². The predicted molar refractivity (Wildman–Crippen MR) is 60.1 cm³/mol. The Hall–Kier alpha value is -2.17. The number of hydrogen-bond acceptors (Lipinski definition) is 3. The van der Waals surface area contributed by atoms with Gasteiger partial charge in [-0.1, -0.05) is 6.58 Å². The van der Waals surface area contributed by atoms with Crippen molar-refractivity contribution in [1.29, 1.82) is 0 Å². The number of hydrogen-bond donors (Lipinski definition) is 1. The van der Waals surface area contributed by atoms with Crippen molar-refractivity contribution in [3.05, 3.63) is 48.8 Å². The zero-order valence-electron chi connectivity index (χ0n) is 8.60. The Kier molecular flexibility index (Phi) is 2.95. The van der Waals surface area contributed by atoms with Crippen molar-refractivity contribution in [2.24, 2.45) is 0 Å². The van der Waals surface area contributed by atoms with Crippen molar-refractivity contribution >= 4 is 11.9 Å². The van der Waals surface area contributed by atoms with E-state index in [-0.39, 0.29) is 0 Å². The lowest BCUT2D eigenvalue weighted by Gasteiger charge is -2.02. The molecule has 4 nitrogen and oxygen atoms in total. The number of aromatic nitrogens is 3. The molecule has 0 aromatic carbocycles. The van der Waals surface area contributed by atoms with Crippen LogP contribution in [0.1, 0.15) is 5.56 Å². The average Bonchev–Trinajstić information content (AvgIpc) is 2.76.